The lowest BCUT2D eigenvalue weighted by atomic mass is 10.2. The predicted molar refractivity (Wildman–Crippen MR) is 47.0 cm³/mol. The summed E-state index contributed by atoms with van der Waals surface area (Å²) in [6.45, 7) is 3.48. The van der Waals surface area contributed by atoms with Gasteiger partial charge in [-0.1, -0.05) is 6.92 Å². The van der Waals surface area contributed by atoms with E-state index < -0.39 is 0 Å². The van der Waals surface area contributed by atoms with E-state index in [9.17, 15) is 4.79 Å². The van der Waals surface area contributed by atoms with E-state index >= 15 is 0 Å². The van der Waals surface area contributed by atoms with Gasteiger partial charge >= 0.3 is 0 Å². The molecule has 0 heterocycles. The average molecular weight is 182 g/mol. The van der Waals surface area contributed by atoms with Crippen LogP contribution in [-0.2, 0) is 4.79 Å². The van der Waals surface area contributed by atoms with Crippen LogP contribution >= 0.6 is 21.0 Å². The zero-order valence-electron chi connectivity index (χ0n) is 6.30. The molecule has 2 nitrogen and oxygen atoms in total. The van der Waals surface area contributed by atoms with Gasteiger partial charge in [0.15, 0.2) is 0 Å². The third-order valence-electron chi connectivity index (χ3n) is 1.36. The summed E-state index contributed by atoms with van der Waals surface area (Å²) >= 11 is 5.65. The van der Waals surface area contributed by atoms with E-state index in [-0.39, 0.29) is 11.9 Å². The van der Waals surface area contributed by atoms with E-state index in [1.165, 1.54) is 11.3 Å². The van der Waals surface area contributed by atoms with E-state index in [1.54, 1.807) is 0 Å². The van der Waals surface area contributed by atoms with Crippen LogP contribution in [0.1, 0.15) is 20.3 Å². The lowest BCUT2D eigenvalue weighted by Gasteiger charge is -2.20. The number of amides is 1. The topological polar surface area (TPSA) is 20.3 Å². The number of carbonyl (C=O) groups is 1. The molecule has 10 heavy (non-hydrogen) atoms. The van der Waals surface area contributed by atoms with Crippen molar-refractivity contribution in [2.45, 2.75) is 26.3 Å². The number of halogens is 1. The van der Waals surface area contributed by atoms with Gasteiger partial charge in [-0.25, -0.2) is 0 Å². The molecule has 0 aromatic carbocycles. The van der Waals surface area contributed by atoms with Crippen molar-refractivity contribution in [2.24, 2.45) is 0 Å². The molecular weight excluding hydrogens is 168 g/mol. The van der Waals surface area contributed by atoms with Gasteiger partial charge in [-0.3, -0.25) is 9.21 Å². The van der Waals surface area contributed by atoms with Crippen molar-refractivity contribution in [1.29, 1.82) is 0 Å². The van der Waals surface area contributed by atoms with Crippen molar-refractivity contribution < 1.29 is 4.79 Å². The van der Waals surface area contributed by atoms with Crippen molar-refractivity contribution in [2.75, 3.05) is 6.16 Å². The smallest absolute Gasteiger partial charge is 0.234 e. The maximum absolute atomic E-state index is 10.7. The number of carbonyl (C=O) groups excluding carboxylic acids is 1. The number of nitrogens with zero attached hydrogens (tertiary/aromatic N) is 1. The van der Waals surface area contributed by atoms with E-state index in [0.29, 0.717) is 0 Å². The highest BCUT2D eigenvalue weighted by molar-refractivity contribution is 7.16. The molecule has 0 aromatic rings. The highest BCUT2D eigenvalue weighted by atomic mass is 35.5. The average Bonchev–Trinajstić information content (AvgIpc) is 1.90. The molecule has 0 aliphatic carbocycles. The van der Waals surface area contributed by atoms with Gasteiger partial charge in [-0.2, -0.15) is 0 Å². The Bertz CT molecular complexity index is 116. The van der Waals surface area contributed by atoms with Crippen molar-refractivity contribution in [3.05, 3.63) is 0 Å². The molecule has 2 atom stereocenters. The molecule has 1 amide bonds. The van der Waals surface area contributed by atoms with E-state index in [4.69, 9.17) is 11.8 Å². The van der Waals surface area contributed by atoms with Crippen LogP contribution in [-0.4, -0.2) is 22.5 Å². The third-order valence-corrected chi connectivity index (χ3v) is 2.42. The van der Waals surface area contributed by atoms with Gasteiger partial charge in [0.05, 0.1) is 6.04 Å². The fourth-order valence-electron chi connectivity index (χ4n) is 0.677. The molecule has 0 spiro atoms. The van der Waals surface area contributed by atoms with Crippen LogP contribution < -0.4 is 0 Å². The van der Waals surface area contributed by atoms with Crippen LogP contribution in [0, 0.1) is 0 Å². The zero-order valence-corrected chi connectivity index (χ0v) is 8.21. The van der Waals surface area contributed by atoms with Crippen LogP contribution in [0.15, 0.2) is 0 Å². The molecule has 0 saturated carbocycles. The Morgan fingerprint density at radius 3 is 2.40 bits per heavy atom. The van der Waals surface area contributed by atoms with E-state index in [2.05, 4.69) is 9.24 Å². The summed E-state index contributed by atoms with van der Waals surface area (Å²) in [5, 5.41) is 0. The Balaban J connectivity index is 3.88. The first kappa shape index (κ1) is 10.2. The first-order valence-corrected chi connectivity index (χ1v) is 4.44. The Morgan fingerprint density at radius 1 is 1.80 bits per heavy atom. The third kappa shape index (κ3) is 2.85. The first-order valence-electron chi connectivity index (χ1n) is 3.29. The second kappa shape index (κ2) is 4.92. The monoisotopic (exact) mass is 181 g/mol. The summed E-state index contributed by atoms with van der Waals surface area (Å²) in [6, 6.07) is 0.157. The van der Waals surface area contributed by atoms with E-state index in [0.717, 1.165) is 12.6 Å². The Labute approximate surface area is 69.2 Å². The fourth-order valence-corrected chi connectivity index (χ4v) is 1.57. The molecule has 4 heteroatoms. The van der Waals surface area contributed by atoms with Gasteiger partial charge < -0.3 is 0 Å². The van der Waals surface area contributed by atoms with Gasteiger partial charge in [0.25, 0.3) is 0 Å². The van der Waals surface area contributed by atoms with E-state index in [1.807, 2.05) is 6.92 Å². The van der Waals surface area contributed by atoms with Gasteiger partial charge in [-0.05, 0) is 12.6 Å². The summed E-state index contributed by atoms with van der Waals surface area (Å²) in [5.41, 5.74) is 0. The lowest BCUT2D eigenvalue weighted by Crippen LogP contribution is -2.31. The molecule has 0 rings (SSSR count). The molecule has 0 fully saturated rings. The first-order chi connectivity index (χ1) is 4.63. The van der Waals surface area contributed by atoms with Crippen molar-refractivity contribution in [3.63, 3.8) is 0 Å². The highest BCUT2D eigenvalue weighted by Crippen LogP contribution is 2.10. The van der Waals surface area contributed by atoms with Gasteiger partial charge in [0.1, 0.15) is 0 Å². The number of rotatable bonds is 3. The Kier molecular flexibility index (Phi) is 5.02. The van der Waals surface area contributed by atoms with Gasteiger partial charge in [-0.15, -0.1) is 9.24 Å². The second-order valence-corrected chi connectivity index (χ2v) is 2.96. The van der Waals surface area contributed by atoms with Crippen LogP contribution in [0.25, 0.3) is 0 Å². The molecule has 0 aromatic heterocycles. The van der Waals surface area contributed by atoms with Crippen LogP contribution in [0.4, 0.5) is 0 Å². The highest BCUT2D eigenvalue weighted by Gasteiger charge is 2.14. The molecule has 0 aliphatic rings. The van der Waals surface area contributed by atoms with Crippen molar-refractivity contribution in [1.82, 2.24) is 4.42 Å². The SMILES string of the molecule is CCC(CP)N(Cl)C(C)=O. The molecule has 0 aliphatic heterocycles. The maximum atomic E-state index is 10.7. The molecule has 2 unspecified atom stereocenters. The Hall–Kier alpha value is 0.190. The molecule has 0 saturated heterocycles. The van der Waals surface area contributed by atoms with Crippen LogP contribution in [0.3, 0.4) is 0 Å². The Morgan fingerprint density at radius 2 is 2.30 bits per heavy atom. The largest absolute Gasteiger partial charge is 0.274 e. The molecule has 0 bridgehead atoms. The number of hydrogen-bond acceptors (Lipinski definition) is 1. The van der Waals surface area contributed by atoms with Crippen LogP contribution in [0.5, 0.6) is 0 Å². The minimum Gasteiger partial charge on any atom is -0.274 e. The summed E-state index contributed by atoms with van der Waals surface area (Å²) in [6.07, 6.45) is 1.73. The summed E-state index contributed by atoms with van der Waals surface area (Å²) in [4.78, 5) is 10.7. The standard InChI is InChI=1S/C6H13ClNOP/c1-3-6(4-10)8(7)5(2)9/h6H,3-4,10H2,1-2H3. The summed E-state index contributed by atoms with van der Waals surface area (Å²) in [5.74, 6) is -0.0871. The quantitative estimate of drug-likeness (QED) is 0.479. The minimum atomic E-state index is -0.0871. The zero-order chi connectivity index (χ0) is 8.15. The lowest BCUT2D eigenvalue weighted by molar-refractivity contribution is -0.125. The fraction of sp³-hybridized carbons (Fsp3) is 0.833. The normalized spacial score (nSPS) is 12.8. The van der Waals surface area contributed by atoms with Gasteiger partial charge in [0.2, 0.25) is 5.91 Å². The predicted octanol–water partition coefficient (Wildman–Crippen LogP) is 1.64. The van der Waals surface area contributed by atoms with Gasteiger partial charge in [0, 0.05) is 18.7 Å². The molecule has 60 valence electrons. The maximum Gasteiger partial charge on any atom is 0.234 e. The molecule has 0 radical (unpaired) electrons. The van der Waals surface area contributed by atoms with Crippen LogP contribution in [0.2, 0.25) is 0 Å². The molecular formula is C6H13ClNOP. The summed E-state index contributed by atoms with van der Waals surface area (Å²) < 4.78 is 1.26. The molecule has 0 N–H and O–H groups in total. The summed E-state index contributed by atoms with van der Waals surface area (Å²) in [7, 11) is 2.57. The van der Waals surface area contributed by atoms with Crippen molar-refractivity contribution in [3.8, 4) is 0 Å². The minimum absolute atomic E-state index is 0.0871. The second-order valence-electron chi connectivity index (χ2n) is 2.13. The number of hydrogen-bond donors (Lipinski definition) is 0. The van der Waals surface area contributed by atoms with Crippen molar-refractivity contribution >= 4 is 26.9 Å².